The third kappa shape index (κ3) is 4.54. The maximum Gasteiger partial charge on any atom is 0.119 e. The number of hydrogen-bond donors (Lipinski definition) is 1. The summed E-state index contributed by atoms with van der Waals surface area (Å²) in [7, 11) is 0. The van der Waals surface area contributed by atoms with Crippen LogP contribution in [0.15, 0.2) is 24.3 Å². The monoisotopic (exact) mass is 261 g/mol. The second-order valence-electron chi connectivity index (χ2n) is 5.56. The van der Waals surface area contributed by atoms with E-state index in [0.29, 0.717) is 12.1 Å². The van der Waals surface area contributed by atoms with Gasteiger partial charge in [-0.1, -0.05) is 26.0 Å². The van der Waals surface area contributed by atoms with Gasteiger partial charge in [-0.2, -0.15) is 0 Å². The van der Waals surface area contributed by atoms with Gasteiger partial charge in [-0.05, 0) is 62.8 Å². The maximum absolute atomic E-state index is 6.13. The number of rotatable bonds is 6. The summed E-state index contributed by atoms with van der Waals surface area (Å²) in [5.41, 5.74) is 1.37. The van der Waals surface area contributed by atoms with Crippen LogP contribution in [0.25, 0.3) is 0 Å². The van der Waals surface area contributed by atoms with Crippen molar-refractivity contribution >= 4 is 0 Å². The van der Waals surface area contributed by atoms with Gasteiger partial charge in [0.05, 0.1) is 0 Å². The fraction of sp³-hybridized carbons (Fsp3) is 0.647. The Bertz CT molecular complexity index is 360. The first-order valence-corrected chi connectivity index (χ1v) is 7.80. The van der Waals surface area contributed by atoms with Crippen molar-refractivity contribution in [2.45, 2.75) is 64.5 Å². The van der Waals surface area contributed by atoms with Crippen molar-refractivity contribution in [3.05, 3.63) is 29.8 Å². The molecule has 0 bridgehead atoms. The van der Waals surface area contributed by atoms with Crippen LogP contribution in [-0.2, 0) is 6.42 Å². The Balaban J connectivity index is 1.83. The van der Waals surface area contributed by atoms with Crippen molar-refractivity contribution in [2.24, 2.45) is 0 Å². The highest BCUT2D eigenvalue weighted by Gasteiger charge is 2.22. The van der Waals surface area contributed by atoms with E-state index in [1.165, 1.54) is 31.2 Å². The average Bonchev–Trinajstić information content (AvgIpc) is 2.46. The normalized spacial score (nSPS) is 23.3. The lowest BCUT2D eigenvalue weighted by molar-refractivity contribution is 0.135. The SMILES string of the molecule is CCCNC1CCCC(Oc2ccc(CC)cc2)C1. The first-order valence-electron chi connectivity index (χ1n) is 7.80. The fourth-order valence-corrected chi connectivity index (χ4v) is 2.78. The lowest BCUT2D eigenvalue weighted by atomic mass is 9.92. The van der Waals surface area contributed by atoms with Crippen molar-refractivity contribution < 1.29 is 4.74 Å². The standard InChI is InChI=1S/C17H27NO/c1-3-12-18-15-6-5-7-17(13-15)19-16-10-8-14(4-2)9-11-16/h8-11,15,17-18H,3-7,12-13H2,1-2H3. The van der Waals surface area contributed by atoms with Gasteiger partial charge in [0.2, 0.25) is 0 Å². The number of benzene rings is 1. The summed E-state index contributed by atoms with van der Waals surface area (Å²) in [6.45, 7) is 5.53. The van der Waals surface area contributed by atoms with Crippen molar-refractivity contribution in [3.8, 4) is 5.75 Å². The van der Waals surface area contributed by atoms with E-state index >= 15 is 0 Å². The number of aryl methyl sites for hydroxylation is 1. The quantitative estimate of drug-likeness (QED) is 0.837. The van der Waals surface area contributed by atoms with Gasteiger partial charge < -0.3 is 10.1 Å². The highest BCUT2D eigenvalue weighted by molar-refractivity contribution is 5.27. The molecule has 1 fully saturated rings. The molecule has 1 N–H and O–H groups in total. The summed E-state index contributed by atoms with van der Waals surface area (Å²) in [6, 6.07) is 9.22. The molecule has 106 valence electrons. The molecule has 0 saturated heterocycles. The van der Waals surface area contributed by atoms with Gasteiger partial charge in [0.1, 0.15) is 11.9 Å². The van der Waals surface area contributed by atoms with Crippen molar-refractivity contribution in [1.29, 1.82) is 0 Å². The molecule has 0 spiro atoms. The van der Waals surface area contributed by atoms with Gasteiger partial charge in [0.15, 0.2) is 0 Å². The third-order valence-corrected chi connectivity index (χ3v) is 3.94. The number of nitrogens with one attached hydrogen (secondary N) is 1. The van der Waals surface area contributed by atoms with Crippen molar-refractivity contribution in [3.63, 3.8) is 0 Å². The maximum atomic E-state index is 6.13. The average molecular weight is 261 g/mol. The van der Waals surface area contributed by atoms with E-state index in [1.807, 2.05) is 0 Å². The summed E-state index contributed by atoms with van der Waals surface area (Å²) in [5.74, 6) is 1.03. The van der Waals surface area contributed by atoms with Gasteiger partial charge in [0.25, 0.3) is 0 Å². The van der Waals surface area contributed by atoms with Crippen LogP contribution >= 0.6 is 0 Å². The molecule has 0 radical (unpaired) electrons. The van der Waals surface area contributed by atoms with Crippen LogP contribution in [0, 0.1) is 0 Å². The van der Waals surface area contributed by atoms with Gasteiger partial charge in [-0.15, -0.1) is 0 Å². The van der Waals surface area contributed by atoms with E-state index in [0.717, 1.165) is 25.1 Å². The van der Waals surface area contributed by atoms with Gasteiger partial charge >= 0.3 is 0 Å². The number of ether oxygens (including phenoxy) is 1. The zero-order valence-corrected chi connectivity index (χ0v) is 12.3. The molecule has 2 atom stereocenters. The second-order valence-corrected chi connectivity index (χ2v) is 5.56. The second kappa shape index (κ2) is 7.54. The van der Waals surface area contributed by atoms with Gasteiger partial charge in [-0.3, -0.25) is 0 Å². The Morgan fingerprint density at radius 1 is 1.16 bits per heavy atom. The van der Waals surface area contributed by atoms with E-state index in [2.05, 4.69) is 43.4 Å². The van der Waals surface area contributed by atoms with Crippen molar-refractivity contribution in [1.82, 2.24) is 5.32 Å². The molecule has 0 heterocycles. The summed E-state index contributed by atoms with van der Waals surface area (Å²) >= 11 is 0. The molecule has 1 saturated carbocycles. The van der Waals surface area contributed by atoms with Crippen LogP contribution in [0.4, 0.5) is 0 Å². The Hall–Kier alpha value is -1.02. The first kappa shape index (κ1) is 14.4. The predicted octanol–water partition coefficient (Wildman–Crippen LogP) is 3.94. The molecule has 2 rings (SSSR count). The Kier molecular flexibility index (Phi) is 5.71. The Morgan fingerprint density at radius 2 is 1.95 bits per heavy atom. The molecule has 2 nitrogen and oxygen atoms in total. The lowest BCUT2D eigenvalue weighted by Gasteiger charge is -2.30. The molecule has 0 aromatic heterocycles. The summed E-state index contributed by atoms with van der Waals surface area (Å²) in [5, 5.41) is 3.63. The van der Waals surface area contributed by atoms with E-state index in [4.69, 9.17) is 4.74 Å². The Morgan fingerprint density at radius 3 is 2.63 bits per heavy atom. The molecule has 1 aliphatic carbocycles. The molecule has 1 aromatic carbocycles. The minimum absolute atomic E-state index is 0.385. The minimum atomic E-state index is 0.385. The largest absolute Gasteiger partial charge is 0.490 e. The third-order valence-electron chi connectivity index (χ3n) is 3.94. The molecule has 19 heavy (non-hydrogen) atoms. The van der Waals surface area contributed by atoms with E-state index < -0.39 is 0 Å². The highest BCUT2D eigenvalue weighted by atomic mass is 16.5. The van der Waals surface area contributed by atoms with E-state index in [1.54, 1.807) is 0 Å². The highest BCUT2D eigenvalue weighted by Crippen LogP contribution is 2.24. The van der Waals surface area contributed by atoms with Crippen LogP contribution < -0.4 is 10.1 Å². The topological polar surface area (TPSA) is 21.3 Å². The molecule has 1 aliphatic rings. The van der Waals surface area contributed by atoms with Crippen LogP contribution in [0.3, 0.4) is 0 Å². The fourth-order valence-electron chi connectivity index (χ4n) is 2.78. The van der Waals surface area contributed by atoms with Crippen LogP contribution in [0.2, 0.25) is 0 Å². The molecule has 0 aliphatic heterocycles. The smallest absolute Gasteiger partial charge is 0.119 e. The summed E-state index contributed by atoms with van der Waals surface area (Å²) < 4.78 is 6.13. The van der Waals surface area contributed by atoms with Crippen LogP contribution in [0.5, 0.6) is 5.75 Å². The molecular weight excluding hydrogens is 234 g/mol. The predicted molar refractivity (Wildman–Crippen MR) is 80.8 cm³/mol. The van der Waals surface area contributed by atoms with Gasteiger partial charge in [-0.25, -0.2) is 0 Å². The van der Waals surface area contributed by atoms with Crippen LogP contribution in [0.1, 0.15) is 51.5 Å². The zero-order chi connectivity index (χ0) is 13.5. The molecule has 2 unspecified atom stereocenters. The zero-order valence-electron chi connectivity index (χ0n) is 12.3. The summed E-state index contributed by atoms with van der Waals surface area (Å²) in [4.78, 5) is 0. The minimum Gasteiger partial charge on any atom is -0.490 e. The first-order chi connectivity index (χ1) is 9.31. The van der Waals surface area contributed by atoms with Crippen LogP contribution in [-0.4, -0.2) is 18.7 Å². The lowest BCUT2D eigenvalue weighted by Crippen LogP contribution is -2.38. The molecule has 0 amide bonds. The molecular formula is C17H27NO. The molecule has 1 aromatic rings. The number of hydrogen-bond acceptors (Lipinski definition) is 2. The van der Waals surface area contributed by atoms with Crippen molar-refractivity contribution in [2.75, 3.05) is 6.54 Å². The molecule has 2 heteroatoms. The van der Waals surface area contributed by atoms with Gasteiger partial charge in [0, 0.05) is 6.04 Å². The summed E-state index contributed by atoms with van der Waals surface area (Å²) in [6.07, 6.45) is 7.60. The Labute approximate surface area is 117 Å². The van der Waals surface area contributed by atoms with E-state index in [9.17, 15) is 0 Å². The van der Waals surface area contributed by atoms with E-state index in [-0.39, 0.29) is 0 Å².